The van der Waals surface area contributed by atoms with Crippen molar-refractivity contribution in [2.24, 2.45) is 5.41 Å². The van der Waals surface area contributed by atoms with Crippen molar-refractivity contribution >= 4 is 18.0 Å². The molecule has 0 saturated carbocycles. The molecule has 1 atom stereocenters. The molecule has 0 bridgehead atoms. The summed E-state index contributed by atoms with van der Waals surface area (Å²) >= 11 is 0. The van der Waals surface area contributed by atoms with Crippen molar-refractivity contribution in [2.45, 2.75) is 20.3 Å². The lowest BCUT2D eigenvalue weighted by atomic mass is 9.88. The van der Waals surface area contributed by atoms with E-state index in [2.05, 4.69) is 6.58 Å². The quantitative estimate of drug-likeness (QED) is 0.432. The minimum absolute atomic E-state index is 0.00747. The van der Waals surface area contributed by atoms with Gasteiger partial charge in [0.25, 0.3) is 0 Å². The van der Waals surface area contributed by atoms with Gasteiger partial charge in [-0.05, 0) is 37.1 Å². The lowest BCUT2D eigenvalue weighted by Gasteiger charge is -2.30. The Bertz CT molecular complexity index is 690. The predicted octanol–water partition coefficient (Wildman–Crippen LogP) is 2.77. The maximum absolute atomic E-state index is 11.4. The molecule has 1 aromatic rings. The molecule has 1 unspecified atom stereocenters. The fourth-order valence-electron chi connectivity index (χ4n) is 2.22. The number of methoxy groups -OCH3 is 1. The van der Waals surface area contributed by atoms with Crippen LogP contribution in [0.5, 0.6) is 11.5 Å². The third kappa shape index (κ3) is 7.08. The Kier molecular flexibility index (Phi) is 9.81. The summed E-state index contributed by atoms with van der Waals surface area (Å²) in [7, 11) is 1.51. The molecule has 0 aromatic heterocycles. The molecule has 0 aliphatic carbocycles. The Morgan fingerprint density at radius 3 is 2.46 bits per heavy atom. The molecule has 0 heterocycles. The zero-order valence-corrected chi connectivity index (χ0v) is 16.6. The first-order chi connectivity index (χ1) is 13.4. The van der Waals surface area contributed by atoms with Crippen LogP contribution in [-0.2, 0) is 19.1 Å². The number of esters is 2. The van der Waals surface area contributed by atoms with E-state index in [1.54, 1.807) is 31.2 Å². The van der Waals surface area contributed by atoms with Gasteiger partial charge in [-0.15, -0.1) is 0 Å². The third-order valence-corrected chi connectivity index (χ3v) is 4.19. The van der Waals surface area contributed by atoms with E-state index in [4.69, 9.17) is 18.9 Å². The van der Waals surface area contributed by atoms with E-state index in [1.807, 2.05) is 6.92 Å². The molecule has 0 radical (unpaired) electrons. The Hall–Kier alpha value is -2.80. The van der Waals surface area contributed by atoms with Crippen LogP contribution in [0.4, 0.5) is 0 Å². The average Bonchev–Trinajstić information content (AvgIpc) is 2.73. The SMILES string of the molecule is C=CC(=O)OCC(CC)(CO)COc1ccc(/C=C/C(=O)OCC)cc1OC. The molecular formula is C21H28O7. The van der Waals surface area contributed by atoms with Crippen LogP contribution in [0.15, 0.2) is 36.9 Å². The maximum atomic E-state index is 11.4. The van der Waals surface area contributed by atoms with Gasteiger partial charge >= 0.3 is 11.9 Å². The largest absolute Gasteiger partial charge is 0.493 e. The standard InChI is InChI=1S/C21H28O7/c1-5-19(23)28-15-21(6-2,13-22)14-27-17-10-8-16(12-18(17)25-4)9-11-20(24)26-7-3/h5,8-12,22H,1,6-7,13-15H2,2-4H3/b11-9+. The highest BCUT2D eigenvalue weighted by Gasteiger charge is 2.31. The van der Waals surface area contributed by atoms with Crippen molar-refractivity contribution in [3.8, 4) is 11.5 Å². The molecule has 0 amide bonds. The van der Waals surface area contributed by atoms with Gasteiger partial charge in [-0.1, -0.05) is 19.6 Å². The lowest BCUT2D eigenvalue weighted by molar-refractivity contribution is -0.143. The van der Waals surface area contributed by atoms with Crippen LogP contribution in [0, 0.1) is 5.41 Å². The fraction of sp³-hybridized carbons (Fsp3) is 0.429. The highest BCUT2D eigenvalue weighted by atomic mass is 16.5. The molecule has 1 N–H and O–H groups in total. The Morgan fingerprint density at radius 1 is 1.14 bits per heavy atom. The average molecular weight is 392 g/mol. The molecule has 0 spiro atoms. The first-order valence-electron chi connectivity index (χ1n) is 8.99. The monoisotopic (exact) mass is 392 g/mol. The summed E-state index contributed by atoms with van der Waals surface area (Å²) in [4.78, 5) is 22.7. The highest BCUT2D eigenvalue weighted by molar-refractivity contribution is 5.87. The highest BCUT2D eigenvalue weighted by Crippen LogP contribution is 2.31. The summed E-state index contributed by atoms with van der Waals surface area (Å²) in [5.41, 5.74) is -0.00677. The molecular weight excluding hydrogens is 364 g/mol. The van der Waals surface area contributed by atoms with Crippen molar-refractivity contribution in [3.05, 3.63) is 42.5 Å². The zero-order valence-electron chi connectivity index (χ0n) is 16.6. The van der Waals surface area contributed by atoms with Crippen molar-refractivity contribution in [3.63, 3.8) is 0 Å². The van der Waals surface area contributed by atoms with E-state index in [-0.39, 0.29) is 19.8 Å². The number of aliphatic hydroxyl groups excluding tert-OH is 1. The van der Waals surface area contributed by atoms with Crippen LogP contribution in [0.25, 0.3) is 6.08 Å². The maximum Gasteiger partial charge on any atom is 0.330 e. The Labute approximate surface area is 165 Å². The minimum Gasteiger partial charge on any atom is -0.493 e. The number of ether oxygens (including phenoxy) is 4. The fourth-order valence-corrected chi connectivity index (χ4v) is 2.22. The van der Waals surface area contributed by atoms with Crippen molar-refractivity contribution < 1.29 is 33.6 Å². The van der Waals surface area contributed by atoms with E-state index in [9.17, 15) is 14.7 Å². The number of carbonyl (C=O) groups excluding carboxylic acids is 2. The van der Waals surface area contributed by atoms with Crippen LogP contribution in [0.1, 0.15) is 25.8 Å². The normalized spacial score (nSPS) is 12.9. The third-order valence-electron chi connectivity index (χ3n) is 4.19. The first kappa shape index (κ1) is 23.2. The molecule has 7 nitrogen and oxygen atoms in total. The predicted molar refractivity (Wildman–Crippen MR) is 105 cm³/mol. The molecule has 0 aliphatic rings. The molecule has 7 heteroatoms. The molecule has 1 rings (SSSR count). The topological polar surface area (TPSA) is 91.3 Å². The summed E-state index contributed by atoms with van der Waals surface area (Å²) in [5, 5.41) is 9.80. The van der Waals surface area contributed by atoms with Crippen LogP contribution >= 0.6 is 0 Å². The van der Waals surface area contributed by atoms with E-state index in [0.717, 1.165) is 11.6 Å². The molecule has 1 aromatic carbocycles. The summed E-state index contributed by atoms with van der Waals surface area (Å²) < 4.78 is 21.1. The van der Waals surface area contributed by atoms with Gasteiger partial charge in [0.05, 0.1) is 32.3 Å². The van der Waals surface area contributed by atoms with Crippen LogP contribution in [0.3, 0.4) is 0 Å². The van der Waals surface area contributed by atoms with Crippen molar-refractivity contribution in [1.29, 1.82) is 0 Å². The number of rotatable bonds is 12. The number of hydrogen-bond acceptors (Lipinski definition) is 7. The first-order valence-corrected chi connectivity index (χ1v) is 8.99. The second kappa shape index (κ2) is 11.8. The summed E-state index contributed by atoms with van der Waals surface area (Å²) in [5.74, 6) is -0.0396. The second-order valence-electron chi connectivity index (χ2n) is 6.11. The molecule has 154 valence electrons. The molecule has 28 heavy (non-hydrogen) atoms. The van der Waals surface area contributed by atoms with Gasteiger partial charge in [-0.25, -0.2) is 9.59 Å². The second-order valence-corrected chi connectivity index (χ2v) is 6.11. The van der Waals surface area contributed by atoms with Gasteiger partial charge in [-0.2, -0.15) is 0 Å². The smallest absolute Gasteiger partial charge is 0.330 e. The van der Waals surface area contributed by atoms with Gasteiger partial charge in [0.15, 0.2) is 11.5 Å². The number of hydrogen-bond donors (Lipinski definition) is 1. The molecule has 0 saturated heterocycles. The van der Waals surface area contributed by atoms with Gasteiger partial charge in [0.2, 0.25) is 0 Å². The molecule has 0 fully saturated rings. The van der Waals surface area contributed by atoms with Gasteiger partial charge in [0.1, 0.15) is 6.61 Å². The number of aliphatic hydroxyl groups is 1. The van der Waals surface area contributed by atoms with Crippen LogP contribution < -0.4 is 9.47 Å². The Morgan fingerprint density at radius 2 is 1.89 bits per heavy atom. The van der Waals surface area contributed by atoms with E-state index in [0.29, 0.717) is 24.5 Å². The summed E-state index contributed by atoms with van der Waals surface area (Å²) in [6.45, 7) is 7.20. The van der Waals surface area contributed by atoms with Crippen LogP contribution in [-0.4, -0.2) is 50.6 Å². The van der Waals surface area contributed by atoms with Crippen molar-refractivity contribution in [2.75, 3.05) is 33.5 Å². The van der Waals surface area contributed by atoms with Gasteiger partial charge in [-0.3, -0.25) is 0 Å². The minimum atomic E-state index is -0.744. The van der Waals surface area contributed by atoms with E-state index in [1.165, 1.54) is 13.2 Å². The summed E-state index contributed by atoms with van der Waals surface area (Å²) in [6, 6.07) is 5.18. The lowest BCUT2D eigenvalue weighted by Crippen LogP contribution is -2.37. The molecule has 0 aliphatic heterocycles. The number of carbonyl (C=O) groups is 2. The van der Waals surface area contributed by atoms with Gasteiger partial charge < -0.3 is 24.1 Å². The van der Waals surface area contributed by atoms with E-state index >= 15 is 0 Å². The van der Waals surface area contributed by atoms with Crippen LogP contribution in [0.2, 0.25) is 0 Å². The number of benzene rings is 1. The zero-order chi connectivity index (χ0) is 21.0. The van der Waals surface area contributed by atoms with Gasteiger partial charge in [0, 0.05) is 12.2 Å². The summed E-state index contributed by atoms with van der Waals surface area (Å²) in [6.07, 6.45) is 4.56. The van der Waals surface area contributed by atoms with Crippen molar-refractivity contribution in [1.82, 2.24) is 0 Å². The van der Waals surface area contributed by atoms with E-state index < -0.39 is 17.4 Å². The Balaban J connectivity index is 2.87.